The smallest absolute Gasteiger partial charge is 0.226 e. The average Bonchev–Trinajstić information content (AvgIpc) is 2.63. The van der Waals surface area contributed by atoms with Gasteiger partial charge in [-0.25, -0.2) is 0 Å². The van der Waals surface area contributed by atoms with Gasteiger partial charge in [-0.15, -0.1) is 6.58 Å². The van der Waals surface area contributed by atoms with Gasteiger partial charge in [-0.05, 0) is 19.3 Å². The first kappa shape index (κ1) is 10.3. The maximum atomic E-state index is 11.8. The highest BCUT2D eigenvalue weighted by atomic mass is 16.2. The highest BCUT2D eigenvalue weighted by Crippen LogP contribution is 2.40. The summed E-state index contributed by atoms with van der Waals surface area (Å²) in [7, 11) is 0. The first-order valence-corrected chi connectivity index (χ1v) is 5.14. The molecular formula is C11H19NO. The fourth-order valence-corrected chi connectivity index (χ4v) is 2.15. The number of rotatable bonds is 4. The zero-order valence-electron chi connectivity index (χ0n) is 8.44. The maximum absolute atomic E-state index is 11.8. The molecule has 0 radical (unpaired) electrons. The Morgan fingerprint density at radius 1 is 1.54 bits per heavy atom. The Labute approximate surface area is 80.4 Å². The molecule has 0 saturated heterocycles. The second kappa shape index (κ2) is 4.45. The molecule has 1 fully saturated rings. The van der Waals surface area contributed by atoms with Crippen LogP contribution in [0.2, 0.25) is 0 Å². The van der Waals surface area contributed by atoms with Gasteiger partial charge in [0.05, 0.1) is 0 Å². The van der Waals surface area contributed by atoms with Crippen LogP contribution in [0.3, 0.4) is 0 Å². The molecule has 1 aliphatic carbocycles. The van der Waals surface area contributed by atoms with E-state index in [2.05, 4.69) is 18.8 Å². The van der Waals surface area contributed by atoms with Crippen molar-refractivity contribution < 1.29 is 4.79 Å². The summed E-state index contributed by atoms with van der Waals surface area (Å²) in [6.07, 6.45) is 7.23. The molecule has 74 valence electrons. The molecular weight excluding hydrogens is 162 g/mol. The summed E-state index contributed by atoms with van der Waals surface area (Å²) in [5.41, 5.74) is -0.0526. The van der Waals surface area contributed by atoms with Gasteiger partial charge in [0.2, 0.25) is 5.91 Å². The minimum Gasteiger partial charge on any atom is -0.352 e. The minimum atomic E-state index is -0.0526. The molecule has 0 unspecified atom stereocenters. The number of nitrogens with one attached hydrogen (secondary N) is 1. The lowest BCUT2D eigenvalue weighted by atomic mass is 9.82. The summed E-state index contributed by atoms with van der Waals surface area (Å²) in [5, 5.41) is 2.91. The van der Waals surface area contributed by atoms with E-state index in [0.717, 1.165) is 19.3 Å². The first-order chi connectivity index (χ1) is 6.25. The quantitative estimate of drug-likeness (QED) is 0.662. The molecule has 1 aliphatic rings. The number of hydrogen-bond donors (Lipinski definition) is 1. The van der Waals surface area contributed by atoms with Crippen LogP contribution in [0.5, 0.6) is 0 Å². The molecule has 1 N–H and O–H groups in total. The molecule has 0 spiro atoms. The predicted molar refractivity (Wildman–Crippen MR) is 54.4 cm³/mol. The number of hydrogen-bond acceptors (Lipinski definition) is 1. The van der Waals surface area contributed by atoms with E-state index in [-0.39, 0.29) is 11.3 Å². The van der Waals surface area contributed by atoms with Crippen LogP contribution in [-0.4, -0.2) is 12.5 Å². The van der Waals surface area contributed by atoms with Crippen molar-refractivity contribution in [1.29, 1.82) is 0 Å². The number of carbonyl (C=O) groups excluding carboxylic acids is 1. The van der Waals surface area contributed by atoms with Gasteiger partial charge < -0.3 is 5.32 Å². The van der Waals surface area contributed by atoms with Crippen LogP contribution >= 0.6 is 0 Å². The van der Waals surface area contributed by atoms with Gasteiger partial charge in [0.1, 0.15) is 0 Å². The first-order valence-electron chi connectivity index (χ1n) is 5.14. The Balaban J connectivity index is 2.54. The zero-order chi connectivity index (χ0) is 9.73. The summed E-state index contributed by atoms with van der Waals surface area (Å²) < 4.78 is 0. The summed E-state index contributed by atoms with van der Waals surface area (Å²) in [5.74, 6) is 0.229. The third-order valence-corrected chi connectivity index (χ3v) is 3.13. The summed E-state index contributed by atoms with van der Waals surface area (Å²) in [4.78, 5) is 11.8. The highest BCUT2D eigenvalue weighted by Gasteiger charge is 2.38. The van der Waals surface area contributed by atoms with Crippen molar-refractivity contribution in [3.63, 3.8) is 0 Å². The van der Waals surface area contributed by atoms with E-state index in [1.54, 1.807) is 6.08 Å². The summed E-state index contributed by atoms with van der Waals surface area (Å²) >= 11 is 0. The van der Waals surface area contributed by atoms with Crippen molar-refractivity contribution >= 4 is 5.91 Å². The molecule has 0 aromatic heterocycles. The van der Waals surface area contributed by atoms with E-state index in [1.165, 1.54) is 12.8 Å². The van der Waals surface area contributed by atoms with E-state index in [9.17, 15) is 4.79 Å². The molecule has 1 saturated carbocycles. The van der Waals surface area contributed by atoms with Crippen molar-refractivity contribution in [1.82, 2.24) is 5.32 Å². The second-order valence-corrected chi connectivity index (χ2v) is 3.84. The van der Waals surface area contributed by atoms with E-state index in [0.29, 0.717) is 6.54 Å². The third-order valence-electron chi connectivity index (χ3n) is 3.13. The second-order valence-electron chi connectivity index (χ2n) is 3.84. The normalized spacial score (nSPS) is 19.8. The molecule has 2 nitrogen and oxygen atoms in total. The fraction of sp³-hybridized carbons (Fsp3) is 0.727. The number of carbonyl (C=O) groups is 1. The van der Waals surface area contributed by atoms with Crippen molar-refractivity contribution in [3.8, 4) is 0 Å². The maximum Gasteiger partial charge on any atom is 0.226 e. The SMILES string of the molecule is C=CCNC(=O)C1(CC)CCCC1. The van der Waals surface area contributed by atoms with Crippen molar-refractivity contribution in [2.24, 2.45) is 5.41 Å². The molecule has 1 rings (SSSR count). The lowest BCUT2D eigenvalue weighted by molar-refractivity contribution is -0.130. The van der Waals surface area contributed by atoms with Gasteiger partial charge in [0.15, 0.2) is 0 Å². The average molecular weight is 181 g/mol. The summed E-state index contributed by atoms with van der Waals surface area (Å²) in [6, 6.07) is 0. The molecule has 0 atom stereocenters. The minimum absolute atomic E-state index is 0.0526. The Hall–Kier alpha value is -0.790. The topological polar surface area (TPSA) is 29.1 Å². The molecule has 0 aliphatic heterocycles. The fourth-order valence-electron chi connectivity index (χ4n) is 2.15. The van der Waals surface area contributed by atoms with Crippen LogP contribution in [0.15, 0.2) is 12.7 Å². The largest absolute Gasteiger partial charge is 0.352 e. The van der Waals surface area contributed by atoms with Crippen LogP contribution < -0.4 is 5.32 Å². The van der Waals surface area contributed by atoms with Crippen LogP contribution in [0.4, 0.5) is 0 Å². The van der Waals surface area contributed by atoms with Crippen LogP contribution in [0, 0.1) is 5.41 Å². The molecule has 0 aromatic rings. The van der Waals surface area contributed by atoms with Crippen molar-refractivity contribution in [3.05, 3.63) is 12.7 Å². The Morgan fingerprint density at radius 2 is 2.15 bits per heavy atom. The van der Waals surface area contributed by atoms with Gasteiger partial charge >= 0.3 is 0 Å². The third kappa shape index (κ3) is 2.11. The van der Waals surface area contributed by atoms with Gasteiger partial charge in [-0.2, -0.15) is 0 Å². The standard InChI is InChI=1S/C11H19NO/c1-3-9-12-10(13)11(4-2)7-5-6-8-11/h3H,1,4-9H2,2H3,(H,12,13). The molecule has 0 heterocycles. The van der Waals surface area contributed by atoms with E-state index >= 15 is 0 Å². The number of amides is 1. The van der Waals surface area contributed by atoms with Crippen LogP contribution in [0.1, 0.15) is 39.0 Å². The van der Waals surface area contributed by atoms with Crippen LogP contribution in [0.25, 0.3) is 0 Å². The summed E-state index contributed by atoms with van der Waals surface area (Å²) in [6.45, 7) is 6.30. The van der Waals surface area contributed by atoms with E-state index in [1.807, 2.05) is 0 Å². The van der Waals surface area contributed by atoms with E-state index in [4.69, 9.17) is 0 Å². The highest BCUT2D eigenvalue weighted by molar-refractivity contribution is 5.82. The zero-order valence-corrected chi connectivity index (χ0v) is 8.44. The molecule has 0 aromatic carbocycles. The predicted octanol–water partition coefficient (Wildman–Crippen LogP) is 2.26. The van der Waals surface area contributed by atoms with Crippen molar-refractivity contribution in [2.75, 3.05) is 6.54 Å². The van der Waals surface area contributed by atoms with Gasteiger partial charge in [-0.1, -0.05) is 25.8 Å². The van der Waals surface area contributed by atoms with E-state index < -0.39 is 0 Å². The molecule has 13 heavy (non-hydrogen) atoms. The Kier molecular flexibility index (Phi) is 3.52. The Bertz CT molecular complexity index is 192. The Morgan fingerprint density at radius 3 is 2.62 bits per heavy atom. The molecule has 2 heteroatoms. The van der Waals surface area contributed by atoms with Crippen LogP contribution in [-0.2, 0) is 4.79 Å². The molecule has 0 bridgehead atoms. The lowest BCUT2D eigenvalue weighted by Crippen LogP contribution is -2.38. The monoisotopic (exact) mass is 181 g/mol. The molecule has 1 amide bonds. The van der Waals surface area contributed by atoms with Gasteiger partial charge in [0, 0.05) is 12.0 Å². The van der Waals surface area contributed by atoms with Gasteiger partial charge in [-0.3, -0.25) is 4.79 Å². The van der Waals surface area contributed by atoms with Crippen molar-refractivity contribution in [2.45, 2.75) is 39.0 Å². The lowest BCUT2D eigenvalue weighted by Gasteiger charge is -2.25. The van der Waals surface area contributed by atoms with Gasteiger partial charge in [0.25, 0.3) is 0 Å².